The van der Waals surface area contributed by atoms with Crippen molar-refractivity contribution < 1.29 is 4.74 Å². The quantitative estimate of drug-likeness (QED) is 0.906. The zero-order chi connectivity index (χ0) is 13.7. The predicted octanol–water partition coefficient (Wildman–Crippen LogP) is 2.58. The van der Waals surface area contributed by atoms with E-state index in [1.807, 2.05) is 6.07 Å². The Balaban J connectivity index is 2.10. The second-order valence-corrected chi connectivity index (χ2v) is 5.44. The summed E-state index contributed by atoms with van der Waals surface area (Å²) < 4.78 is 5.73. The van der Waals surface area contributed by atoms with Crippen LogP contribution in [0.2, 0.25) is 0 Å². The molecule has 2 N–H and O–H groups in total. The van der Waals surface area contributed by atoms with Crippen molar-refractivity contribution in [2.45, 2.75) is 44.9 Å². The summed E-state index contributed by atoms with van der Waals surface area (Å²) in [5, 5.41) is 0. The van der Waals surface area contributed by atoms with E-state index in [2.05, 4.69) is 43.0 Å². The molecule has 0 spiro atoms. The van der Waals surface area contributed by atoms with Gasteiger partial charge in [0.15, 0.2) is 0 Å². The minimum atomic E-state index is 0.0801. The first-order valence-electron chi connectivity index (χ1n) is 7.38. The molecule has 106 valence electrons. The van der Waals surface area contributed by atoms with Gasteiger partial charge in [0.05, 0.1) is 6.10 Å². The van der Waals surface area contributed by atoms with Gasteiger partial charge in [0.25, 0.3) is 0 Å². The van der Waals surface area contributed by atoms with Gasteiger partial charge < -0.3 is 10.5 Å². The van der Waals surface area contributed by atoms with E-state index in [-0.39, 0.29) is 6.04 Å². The van der Waals surface area contributed by atoms with Gasteiger partial charge in [-0.2, -0.15) is 0 Å². The first-order valence-corrected chi connectivity index (χ1v) is 7.38. The van der Waals surface area contributed by atoms with Gasteiger partial charge in [0.2, 0.25) is 0 Å². The molecule has 1 aliphatic heterocycles. The van der Waals surface area contributed by atoms with Crippen LogP contribution in [0.15, 0.2) is 30.3 Å². The summed E-state index contributed by atoms with van der Waals surface area (Å²) in [4.78, 5) is 2.51. The van der Waals surface area contributed by atoms with Crippen molar-refractivity contribution in [2.24, 2.45) is 5.73 Å². The van der Waals surface area contributed by atoms with Crippen molar-refractivity contribution in [2.75, 3.05) is 19.7 Å². The Labute approximate surface area is 116 Å². The van der Waals surface area contributed by atoms with Crippen molar-refractivity contribution in [1.29, 1.82) is 0 Å². The molecule has 0 amide bonds. The molecule has 3 nitrogen and oxygen atoms in total. The van der Waals surface area contributed by atoms with E-state index in [1.54, 1.807) is 0 Å². The summed E-state index contributed by atoms with van der Waals surface area (Å²) in [6, 6.07) is 10.9. The van der Waals surface area contributed by atoms with Gasteiger partial charge in [-0.1, -0.05) is 37.3 Å². The number of hydrogen-bond donors (Lipinski definition) is 1. The molecular weight excluding hydrogens is 236 g/mol. The Kier molecular flexibility index (Phi) is 5.37. The predicted molar refractivity (Wildman–Crippen MR) is 79.1 cm³/mol. The molecule has 3 unspecified atom stereocenters. The van der Waals surface area contributed by atoms with Gasteiger partial charge in [-0.3, -0.25) is 4.90 Å². The normalized spacial score (nSPS) is 24.7. The molecule has 3 atom stereocenters. The average molecular weight is 262 g/mol. The topological polar surface area (TPSA) is 38.5 Å². The van der Waals surface area contributed by atoms with Gasteiger partial charge in [-0.25, -0.2) is 0 Å². The molecule has 3 heteroatoms. The maximum Gasteiger partial charge on any atom is 0.0674 e. The summed E-state index contributed by atoms with van der Waals surface area (Å²) in [6.07, 6.45) is 2.48. The van der Waals surface area contributed by atoms with Crippen LogP contribution < -0.4 is 5.73 Å². The maximum absolute atomic E-state index is 6.49. The van der Waals surface area contributed by atoms with Crippen molar-refractivity contribution in [3.8, 4) is 0 Å². The van der Waals surface area contributed by atoms with Crippen molar-refractivity contribution in [3.05, 3.63) is 35.9 Å². The zero-order valence-corrected chi connectivity index (χ0v) is 12.1. The number of nitrogens with zero attached hydrogens (tertiary/aromatic N) is 1. The molecule has 0 aliphatic carbocycles. The summed E-state index contributed by atoms with van der Waals surface area (Å²) in [5.41, 5.74) is 7.72. The molecule has 1 fully saturated rings. The van der Waals surface area contributed by atoms with E-state index in [0.29, 0.717) is 12.1 Å². The van der Waals surface area contributed by atoms with Crippen LogP contribution in [0, 0.1) is 0 Å². The van der Waals surface area contributed by atoms with Crippen LogP contribution in [0.1, 0.15) is 38.3 Å². The summed E-state index contributed by atoms with van der Waals surface area (Å²) in [7, 11) is 0. The highest BCUT2D eigenvalue weighted by molar-refractivity contribution is 5.20. The van der Waals surface area contributed by atoms with Gasteiger partial charge in [-0.05, 0) is 25.3 Å². The molecule has 2 rings (SSSR count). The molecular formula is C16H26N2O. The second-order valence-electron chi connectivity index (χ2n) is 5.44. The minimum Gasteiger partial charge on any atom is -0.377 e. The van der Waals surface area contributed by atoms with E-state index < -0.39 is 0 Å². The lowest BCUT2D eigenvalue weighted by molar-refractivity contribution is 0.0572. The van der Waals surface area contributed by atoms with Gasteiger partial charge in [0, 0.05) is 31.8 Å². The zero-order valence-electron chi connectivity index (χ0n) is 12.1. The fourth-order valence-corrected chi connectivity index (χ4v) is 2.96. The van der Waals surface area contributed by atoms with Crippen molar-refractivity contribution in [3.63, 3.8) is 0 Å². The average Bonchev–Trinajstić information content (AvgIpc) is 2.65. The smallest absolute Gasteiger partial charge is 0.0674 e. The van der Waals surface area contributed by atoms with Crippen LogP contribution in [0.5, 0.6) is 0 Å². The molecule has 0 aromatic heterocycles. The van der Waals surface area contributed by atoms with Gasteiger partial charge >= 0.3 is 0 Å². The lowest BCUT2D eigenvalue weighted by atomic mass is 9.96. The minimum absolute atomic E-state index is 0.0801. The molecule has 1 aromatic carbocycles. The Morgan fingerprint density at radius 2 is 2.11 bits per heavy atom. The van der Waals surface area contributed by atoms with Crippen molar-refractivity contribution in [1.82, 2.24) is 4.90 Å². The van der Waals surface area contributed by atoms with Gasteiger partial charge in [-0.15, -0.1) is 0 Å². The molecule has 19 heavy (non-hydrogen) atoms. The van der Waals surface area contributed by atoms with E-state index in [4.69, 9.17) is 10.5 Å². The first-order chi connectivity index (χ1) is 9.22. The molecule has 1 heterocycles. The molecule has 1 aliphatic rings. The fraction of sp³-hybridized carbons (Fsp3) is 0.625. The Bertz CT molecular complexity index is 368. The number of hydrogen-bond acceptors (Lipinski definition) is 3. The molecule has 1 saturated heterocycles. The fourth-order valence-electron chi connectivity index (χ4n) is 2.96. The maximum atomic E-state index is 6.49. The number of benzene rings is 1. The lowest BCUT2D eigenvalue weighted by Crippen LogP contribution is -2.45. The highest BCUT2D eigenvalue weighted by Gasteiger charge is 2.27. The molecule has 1 aromatic rings. The Morgan fingerprint density at radius 1 is 1.37 bits per heavy atom. The lowest BCUT2D eigenvalue weighted by Gasteiger charge is -2.35. The van der Waals surface area contributed by atoms with Crippen LogP contribution >= 0.6 is 0 Å². The number of rotatable bonds is 4. The first kappa shape index (κ1) is 14.5. The second kappa shape index (κ2) is 7.04. The third-order valence-electron chi connectivity index (χ3n) is 3.97. The molecule has 0 bridgehead atoms. The summed E-state index contributed by atoms with van der Waals surface area (Å²) in [6.45, 7) is 7.32. The Hall–Kier alpha value is -0.900. The summed E-state index contributed by atoms with van der Waals surface area (Å²) in [5.74, 6) is 0. The SMILES string of the molecule is CCC(C(N)c1ccccc1)N1CCCOC(C)C1. The standard InChI is InChI=1S/C16H26N2O/c1-3-15(16(17)14-8-5-4-6-9-14)18-10-7-11-19-13(2)12-18/h4-6,8-9,13,15-16H,3,7,10-12,17H2,1-2H3. The number of nitrogens with two attached hydrogens (primary N) is 1. The van der Waals surface area contributed by atoms with Crippen LogP contribution in [0.4, 0.5) is 0 Å². The monoisotopic (exact) mass is 262 g/mol. The van der Waals surface area contributed by atoms with Crippen LogP contribution in [0.25, 0.3) is 0 Å². The van der Waals surface area contributed by atoms with E-state index in [1.165, 1.54) is 5.56 Å². The Morgan fingerprint density at radius 3 is 2.79 bits per heavy atom. The third kappa shape index (κ3) is 3.78. The van der Waals surface area contributed by atoms with E-state index in [0.717, 1.165) is 32.5 Å². The third-order valence-corrected chi connectivity index (χ3v) is 3.97. The van der Waals surface area contributed by atoms with E-state index >= 15 is 0 Å². The largest absolute Gasteiger partial charge is 0.377 e. The van der Waals surface area contributed by atoms with Crippen molar-refractivity contribution >= 4 is 0 Å². The van der Waals surface area contributed by atoms with E-state index in [9.17, 15) is 0 Å². The van der Waals surface area contributed by atoms with Gasteiger partial charge in [0.1, 0.15) is 0 Å². The van der Waals surface area contributed by atoms with Crippen LogP contribution in [0.3, 0.4) is 0 Å². The molecule has 0 radical (unpaired) electrons. The van der Waals surface area contributed by atoms with Crippen LogP contribution in [-0.2, 0) is 4.74 Å². The molecule has 0 saturated carbocycles. The summed E-state index contributed by atoms with van der Waals surface area (Å²) >= 11 is 0. The number of ether oxygens (including phenoxy) is 1. The van der Waals surface area contributed by atoms with Crippen LogP contribution in [-0.4, -0.2) is 36.7 Å². The highest BCUT2D eigenvalue weighted by Crippen LogP contribution is 2.23. The highest BCUT2D eigenvalue weighted by atomic mass is 16.5.